The standard InChI is InChI=1S/C11H11N3O/c12-6-9-10(7-13-14-11(9)15)8-4-2-1-3-5-8/h1-5,7H,6,12H2,(H,14,15). The largest absolute Gasteiger partial charge is 0.326 e. The number of nitrogens with one attached hydrogen (secondary N) is 1. The van der Waals surface area contributed by atoms with E-state index in [0.717, 1.165) is 11.1 Å². The molecule has 15 heavy (non-hydrogen) atoms. The van der Waals surface area contributed by atoms with E-state index >= 15 is 0 Å². The fourth-order valence-corrected chi connectivity index (χ4v) is 1.49. The van der Waals surface area contributed by atoms with Crippen LogP contribution in [0.3, 0.4) is 0 Å². The minimum Gasteiger partial charge on any atom is -0.326 e. The molecule has 0 saturated heterocycles. The fourth-order valence-electron chi connectivity index (χ4n) is 1.49. The van der Waals surface area contributed by atoms with Crippen molar-refractivity contribution in [1.82, 2.24) is 10.2 Å². The van der Waals surface area contributed by atoms with Gasteiger partial charge in [0.25, 0.3) is 5.56 Å². The molecular formula is C11H11N3O. The van der Waals surface area contributed by atoms with Gasteiger partial charge in [-0.1, -0.05) is 30.3 Å². The lowest BCUT2D eigenvalue weighted by molar-refractivity contribution is 0.928. The third kappa shape index (κ3) is 1.80. The average molecular weight is 201 g/mol. The van der Waals surface area contributed by atoms with Gasteiger partial charge in [0.05, 0.1) is 6.20 Å². The number of hydrogen-bond donors (Lipinski definition) is 2. The summed E-state index contributed by atoms with van der Waals surface area (Å²) in [7, 11) is 0. The SMILES string of the molecule is NCc1c(-c2ccccc2)cn[nH]c1=O. The first kappa shape index (κ1) is 9.61. The van der Waals surface area contributed by atoms with Gasteiger partial charge >= 0.3 is 0 Å². The highest BCUT2D eigenvalue weighted by Crippen LogP contribution is 2.19. The van der Waals surface area contributed by atoms with Crippen LogP contribution >= 0.6 is 0 Å². The minimum atomic E-state index is -0.223. The molecule has 4 nitrogen and oxygen atoms in total. The summed E-state index contributed by atoms with van der Waals surface area (Å²) in [5, 5.41) is 6.15. The van der Waals surface area contributed by atoms with Crippen LogP contribution in [0.1, 0.15) is 5.56 Å². The average Bonchev–Trinajstić information content (AvgIpc) is 2.30. The molecule has 0 aliphatic heterocycles. The Labute approximate surface area is 86.8 Å². The summed E-state index contributed by atoms with van der Waals surface area (Å²) in [6, 6.07) is 9.60. The molecule has 3 N–H and O–H groups in total. The van der Waals surface area contributed by atoms with Crippen LogP contribution in [0.15, 0.2) is 41.3 Å². The lowest BCUT2D eigenvalue weighted by Crippen LogP contribution is -2.18. The fraction of sp³-hybridized carbons (Fsp3) is 0.0909. The van der Waals surface area contributed by atoms with Gasteiger partial charge in [-0.05, 0) is 5.56 Å². The Morgan fingerprint density at radius 1 is 1.27 bits per heavy atom. The van der Waals surface area contributed by atoms with Gasteiger partial charge in [0.15, 0.2) is 0 Å². The molecule has 1 aromatic carbocycles. The van der Waals surface area contributed by atoms with E-state index in [9.17, 15) is 4.79 Å². The predicted molar refractivity (Wildman–Crippen MR) is 58.2 cm³/mol. The normalized spacial score (nSPS) is 10.2. The van der Waals surface area contributed by atoms with Crippen molar-refractivity contribution in [2.75, 3.05) is 0 Å². The highest BCUT2D eigenvalue weighted by atomic mass is 16.1. The zero-order chi connectivity index (χ0) is 10.7. The first-order valence-corrected chi connectivity index (χ1v) is 4.65. The topological polar surface area (TPSA) is 71.8 Å². The van der Waals surface area contributed by atoms with Crippen LogP contribution in [0.4, 0.5) is 0 Å². The van der Waals surface area contributed by atoms with Crippen molar-refractivity contribution in [3.05, 3.63) is 52.4 Å². The van der Waals surface area contributed by atoms with E-state index in [0.29, 0.717) is 5.56 Å². The zero-order valence-electron chi connectivity index (χ0n) is 8.10. The molecule has 0 radical (unpaired) electrons. The second-order valence-corrected chi connectivity index (χ2v) is 3.16. The van der Waals surface area contributed by atoms with E-state index in [-0.39, 0.29) is 12.1 Å². The molecule has 0 bridgehead atoms. The van der Waals surface area contributed by atoms with Gasteiger partial charge in [-0.3, -0.25) is 4.79 Å². The van der Waals surface area contributed by atoms with E-state index in [2.05, 4.69) is 10.2 Å². The van der Waals surface area contributed by atoms with Gasteiger partial charge < -0.3 is 5.73 Å². The quantitative estimate of drug-likeness (QED) is 0.758. The number of H-pyrrole nitrogens is 1. The van der Waals surface area contributed by atoms with Crippen molar-refractivity contribution < 1.29 is 0 Å². The lowest BCUT2D eigenvalue weighted by Gasteiger charge is -2.05. The van der Waals surface area contributed by atoms with Crippen LogP contribution in [0.5, 0.6) is 0 Å². The number of hydrogen-bond acceptors (Lipinski definition) is 3. The number of nitrogens with two attached hydrogens (primary N) is 1. The van der Waals surface area contributed by atoms with Crippen molar-refractivity contribution >= 4 is 0 Å². The Balaban J connectivity index is 2.63. The summed E-state index contributed by atoms with van der Waals surface area (Å²) in [5.41, 5.74) is 7.63. The number of aromatic amines is 1. The van der Waals surface area contributed by atoms with Crippen LogP contribution < -0.4 is 11.3 Å². The highest BCUT2D eigenvalue weighted by Gasteiger charge is 2.07. The van der Waals surface area contributed by atoms with Crippen LogP contribution in [0, 0.1) is 0 Å². The summed E-state index contributed by atoms with van der Waals surface area (Å²) >= 11 is 0. The Kier molecular flexibility index (Phi) is 2.60. The summed E-state index contributed by atoms with van der Waals surface area (Å²) in [5.74, 6) is 0. The third-order valence-electron chi connectivity index (χ3n) is 2.25. The molecule has 4 heteroatoms. The molecule has 2 rings (SSSR count). The summed E-state index contributed by atoms with van der Waals surface area (Å²) in [4.78, 5) is 11.4. The predicted octanol–water partition coefficient (Wildman–Crippen LogP) is 0.896. The van der Waals surface area contributed by atoms with Crippen molar-refractivity contribution in [3.63, 3.8) is 0 Å². The molecule has 0 aliphatic rings. The van der Waals surface area contributed by atoms with Gasteiger partial charge in [-0.15, -0.1) is 0 Å². The van der Waals surface area contributed by atoms with Gasteiger partial charge in [0.1, 0.15) is 0 Å². The number of nitrogens with zero attached hydrogens (tertiary/aromatic N) is 1. The Morgan fingerprint density at radius 3 is 2.67 bits per heavy atom. The molecule has 76 valence electrons. The molecule has 0 saturated carbocycles. The van der Waals surface area contributed by atoms with Crippen molar-refractivity contribution in [2.45, 2.75) is 6.54 Å². The van der Waals surface area contributed by atoms with Gasteiger partial charge in [0, 0.05) is 17.7 Å². The van der Waals surface area contributed by atoms with Crippen molar-refractivity contribution in [1.29, 1.82) is 0 Å². The smallest absolute Gasteiger partial charge is 0.269 e. The molecule has 1 heterocycles. The van der Waals surface area contributed by atoms with Crippen LogP contribution in [-0.2, 0) is 6.54 Å². The first-order valence-electron chi connectivity index (χ1n) is 4.65. The monoisotopic (exact) mass is 201 g/mol. The van der Waals surface area contributed by atoms with E-state index in [1.807, 2.05) is 30.3 Å². The molecule has 0 spiro atoms. The van der Waals surface area contributed by atoms with Crippen LogP contribution in [0.25, 0.3) is 11.1 Å². The highest BCUT2D eigenvalue weighted by molar-refractivity contribution is 5.65. The van der Waals surface area contributed by atoms with E-state index < -0.39 is 0 Å². The molecule has 1 aromatic heterocycles. The molecular weight excluding hydrogens is 190 g/mol. The minimum absolute atomic E-state index is 0.210. The van der Waals surface area contributed by atoms with Crippen LogP contribution in [0.2, 0.25) is 0 Å². The maximum absolute atomic E-state index is 11.4. The Morgan fingerprint density at radius 2 is 2.00 bits per heavy atom. The second-order valence-electron chi connectivity index (χ2n) is 3.16. The molecule has 0 amide bonds. The van der Waals surface area contributed by atoms with Gasteiger partial charge in [-0.25, -0.2) is 5.10 Å². The summed E-state index contributed by atoms with van der Waals surface area (Å²) < 4.78 is 0. The summed E-state index contributed by atoms with van der Waals surface area (Å²) in [6.45, 7) is 0.210. The summed E-state index contributed by atoms with van der Waals surface area (Å²) in [6.07, 6.45) is 1.62. The van der Waals surface area contributed by atoms with Crippen molar-refractivity contribution in [2.24, 2.45) is 5.73 Å². The third-order valence-corrected chi connectivity index (χ3v) is 2.25. The van der Waals surface area contributed by atoms with Crippen LogP contribution in [-0.4, -0.2) is 10.2 Å². The van der Waals surface area contributed by atoms with Crippen molar-refractivity contribution in [3.8, 4) is 11.1 Å². The first-order chi connectivity index (χ1) is 7.33. The molecule has 0 fully saturated rings. The maximum Gasteiger partial charge on any atom is 0.269 e. The molecule has 2 aromatic rings. The van der Waals surface area contributed by atoms with Gasteiger partial charge in [-0.2, -0.15) is 5.10 Å². The molecule has 0 atom stereocenters. The van der Waals surface area contributed by atoms with E-state index in [1.165, 1.54) is 0 Å². The van der Waals surface area contributed by atoms with E-state index in [4.69, 9.17) is 5.73 Å². The second kappa shape index (κ2) is 4.06. The number of rotatable bonds is 2. The Bertz CT molecular complexity index is 505. The lowest BCUT2D eigenvalue weighted by atomic mass is 10.0. The van der Waals surface area contributed by atoms with Gasteiger partial charge in [0.2, 0.25) is 0 Å². The maximum atomic E-state index is 11.4. The number of aromatic nitrogens is 2. The van der Waals surface area contributed by atoms with E-state index in [1.54, 1.807) is 6.20 Å². The molecule has 0 aliphatic carbocycles. The molecule has 0 unspecified atom stereocenters. The number of benzene rings is 1. The Hall–Kier alpha value is -1.94. The zero-order valence-corrected chi connectivity index (χ0v) is 8.10.